The minimum Gasteiger partial charge on any atom is -0.212 e. The Hall–Kier alpha value is -0.900. The summed E-state index contributed by atoms with van der Waals surface area (Å²) < 4.78 is 2.86. The molecule has 2 rings (SSSR count). The maximum atomic E-state index is 4.50. The van der Waals surface area contributed by atoms with Crippen molar-refractivity contribution in [3.63, 3.8) is 0 Å². The predicted molar refractivity (Wildman–Crippen MR) is 64.3 cm³/mol. The van der Waals surface area contributed by atoms with Gasteiger partial charge in [0.15, 0.2) is 11.5 Å². The average Bonchev–Trinajstić information content (AvgIpc) is 2.58. The fourth-order valence-corrected chi connectivity index (χ4v) is 2.02. The second kappa shape index (κ2) is 3.59. The lowest BCUT2D eigenvalue weighted by atomic mass is 10.2. The number of hydrogen-bond donors (Lipinski definition) is 0. The maximum Gasteiger partial charge on any atom is 0.157 e. The van der Waals surface area contributed by atoms with Gasteiger partial charge in [0.25, 0.3) is 0 Å². The summed E-state index contributed by atoms with van der Waals surface area (Å²) in [5.41, 5.74) is 3.36. The molecule has 0 saturated carbocycles. The molecule has 2 aromatic heterocycles. The van der Waals surface area contributed by atoms with Crippen LogP contribution in [0, 0.1) is 13.8 Å². The summed E-state index contributed by atoms with van der Waals surface area (Å²) in [6.07, 6.45) is 0. The Kier molecular flexibility index (Phi) is 2.54. The van der Waals surface area contributed by atoms with Gasteiger partial charge in [-0.25, -0.2) is 9.50 Å². The topological polar surface area (TPSA) is 30.2 Å². The first-order valence-corrected chi connectivity index (χ1v) is 5.82. The van der Waals surface area contributed by atoms with Gasteiger partial charge in [-0.3, -0.25) is 0 Å². The van der Waals surface area contributed by atoms with Gasteiger partial charge in [-0.15, -0.1) is 5.10 Å². The summed E-state index contributed by atoms with van der Waals surface area (Å²) in [5, 5.41) is 4.47. The maximum absolute atomic E-state index is 4.50. The molecule has 0 unspecified atom stereocenters. The number of halogens is 1. The SMILES string of the molecule is Cc1cc2nc(C(C)C)nn2c(Br)c1C. The van der Waals surface area contributed by atoms with Crippen LogP contribution in [0.3, 0.4) is 0 Å². The number of nitrogens with zero attached hydrogens (tertiary/aromatic N) is 3. The molecule has 0 atom stereocenters. The lowest BCUT2D eigenvalue weighted by Crippen LogP contribution is -1.96. The first-order chi connectivity index (χ1) is 7.00. The first kappa shape index (κ1) is 10.6. The largest absolute Gasteiger partial charge is 0.212 e. The molecular weight excluding hydrogens is 254 g/mol. The predicted octanol–water partition coefficient (Wildman–Crippen LogP) is 3.23. The molecule has 0 amide bonds. The summed E-state index contributed by atoms with van der Waals surface area (Å²) >= 11 is 3.55. The highest BCUT2D eigenvalue weighted by Crippen LogP contribution is 2.22. The van der Waals surface area contributed by atoms with Crippen LogP contribution in [0.1, 0.15) is 36.7 Å². The second-order valence-electron chi connectivity index (χ2n) is 4.14. The number of rotatable bonds is 1. The van der Waals surface area contributed by atoms with E-state index in [4.69, 9.17) is 0 Å². The number of fused-ring (bicyclic) bond motifs is 1. The Morgan fingerprint density at radius 3 is 2.60 bits per heavy atom. The number of pyridine rings is 1. The fraction of sp³-hybridized carbons (Fsp3) is 0.455. The zero-order valence-electron chi connectivity index (χ0n) is 9.37. The third-order valence-electron chi connectivity index (χ3n) is 2.60. The molecule has 2 heterocycles. The van der Waals surface area contributed by atoms with Crippen LogP contribution in [0.5, 0.6) is 0 Å². The molecule has 80 valence electrons. The van der Waals surface area contributed by atoms with E-state index in [0.717, 1.165) is 16.1 Å². The van der Waals surface area contributed by atoms with E-state index in [1.54, 1.807) is 0 Å². The molecule has 0 aliphatic heterocycles. The molecule has 15 heavy (non-hydrogen) atoms. The highest BCUT2D eigenvalue weighted by atomic mass is 79.9. The van der Waals surface area contributed by atoms with Crippen LogP contribution < -0.4 is 0 Å². The van der Waals surface area contributed by atoms with Crippen LogP contribution in [0.25, 0.3) is 5.65 Å². The average molecular weight is 268 g/mol. The van der Waals surface area contributed by atoms with Gasteiger partial charge < -0.3 is 0 Å². The van der Waals surface area contributed by atoms with Crippen molar-refractivity contribution in [2.24, 2.45) is 0 Å². The van der Waals surface area contributed by atoms with E-state index >= 15 is 0 Å². The van der Waals surface area contributed by atoms with E-state index < -0.39 is 0 Å². The van der Waals surface area contributed by atoms with Crippen molar-refractivity contribution in [1.29, 1.82) is 0 Å². The fourth-order valence-electron chi connectivity index (χ4n) is 1.45. The van der Waals surface area contributed by atoms with Gasteiger partial charge >= 0.3 is 0 Å². The minimum atomic E-state index is 0.359. The molecule has 0 aliphatic rings. The van der Waals surface area contributed by atoms with Gasteiger partial charge in [0.05, 0.1) is 0 Å². The van der Waals surface area contributed by atoms with Crippen molar-refractivity contribution in [2.45, 2.75) is 33.6 Å². The van der Waals surface area contributed by atoms with E-state index in [1.807, 2.05) is 4.52 Å². The molecule has 0 radical (unpaired) electrons. The van der Waals surface area contributed by atoms with E-state index in [0.29, 0.717) is 5.92 Å². The number of hydrogen-bond acceptors (Lipinski definition) is 2. The Balaban J connectivity index is 2.76. The van der Waals surface area contributed by atoms with Gasteiger partial charge in [-0.2, -0.15) is 0 Å². The van der Waals surface area contributed by atoms with Gasteiger partial charge in [-0.05, 0) is 47.0 Å². The third kappa shape index (κ3) is 1.67. The summed E-state index contributed by atoms with van der Waals surface area (Å²) in [4.78, 5) is 4.50. The molecule has 0 aliphatic carbocycles. The van der Waals surface area contributed by atoms with Crippen molar-refractivity contribution in [3.05, 3.63) is 27.6 Å². The Bertz CT molecular complexity index is 514. The van der Waals surface area contributed by atoms with E-state index in [2.05, 4.69) is 59.8 Å². The van der Waals surface area contributed by atoms with Gasteiger partial charge in [0.2, 0.25) is 0 Å². The molecular formula is C11H14BrN3. The third-order valence-corrected chi connectivity index (χ3v) is 3.53. The Labute approximate surface area is 97.6 Å². The smallest absolute Gasteiger partial charge is 0.157 e. The van der Waals surface area contributed by atoms with Crippen molar-refractivity contribution < 1.29 is 0 Å². The molecule has 0 saturated heterocycles. The molecule has 3 nitrogen and oxygen atoms in total. The first-order valence-electron chi connectivity index (χ1n) is 5.03. The zero-order valence-corrected chi connectivity index (χ0v) is 11.0. The van der Waals surface area contributed by atoms with Crippen LogP contribution in [-0.2, 0) is 0 Å². The Morgan fingerprint density at radius 1 is 1.33 bits per heavy atom. The minimum absolute atomic E-state index is 0.359. The summed E-state index contributed by atoms with van der Waals surface area (Å²) in [6.45, 7) is 8.37. The molecule has 2 aromatic rings. The van der Waals surface area contributed by atoms with Crippen molar-refractivity contribution in [1.82, 2.24) is 14.6 Å². The van der Waals surface area contributed by atoms with Gasteiger partial charge in [-0.1, -0.05) is 13.8 Å². The van der Waals surface area contributed by atoms with E-state index in [9.17, 15) is 0 Å². The molecule has 0 spiro atoms. The van der Waals surface area contributed by atoms with Crippen LogP contribution in [0.15, 0.2) is 10.7 Å². The standard InChI is InChI=1S/C11H14BrN3/c1-6(2)11-13-9-5-7(3)8(4)10(12)15(9)14-11/h5-6H,1-4H3. The van der Waals surface area contributed by atoms with Crippen molar-refractivity contribution >= 4 is 21.6 Å². The normalized spacial score (nSPS) is 11.6. The molecule has 0 aromatic carbocycles. The summed E-state index contributed by atoms with van der Waals surface area (Å²) in [5.74, 6) is 1.25. The monoisotopic (exact) mass is 267 g/mol. The quantitative estimate of drug-likeness (QED) is 0.743. The number of aromatic nitrogens is 3. The number of aryl methyl sites for hydroxylation is 1. The highest BCUT2D eigenvalue weighted by molar-refractivity contribution is 9.10. The van der Waals surface area contributed by atoms with Crippen LogP contribution >= 0.6 is 15.9 Å². The van der Waals surface area contributed by atoms with Crippen LogP contribution in [0.2, 0.25) is 0 Å². The van der Waals surface area contributed by atoms with Crippen LogP contribution in [0.4, 0.5) is 0 Å². The second-order valence-corrected chi connectivity index (χ2v) is 4.89. The van der Waals surface area contributed by atoms with E-state index in [1.165, 1.54) is 11.1 Å². The molecule has 0 N–H and O–H groups in total. The Morgan fingerprint density at radius 2 is 2.00 bits per heavy atom. The summed E-state index contributed by atoms with van der Waals surface area (Å²) in [7, 11) is 0. The molecule has 0 bridgehead atoms. The molecule has 0 fully saturated rings. The zero-order chi connectivity index (χ0) is 11.2. The van der Waals surface area contributed by atoms with Gasteiger partial charge in [0.1, 0.15) is 4.60 Å². The van der Waals surface area contributed by atoms with Gasteiger partial charge in [0, 0.05) is 5.92 Å². The van der Waals surface area contributed by atoms with Crippen molar-refractivity contribution in [2.75, 3.05) is 0 Å². The summed E-state index contributed by atoms with van der Waals surface area (Å²) in [6, 6.07) is 2.07. The van der Waals surface area contributed by atoms with Crippen molar-refractivity contribution in [3.8, 4) is 0 Å². The van der Waals surface area contributed by atoms with E-state index in [-0.39, 0.29) is 0 Å². The highest BCUT2D eigenvalue weighted by Gasteiger charge is 2.11. The van der Waals surface area contributed by atoms with Crippen LogP contribution in [-0.4, -0.2) is 14.6 Å². The molecule has 4 heteroatoms. The lowest BCUT2D eigenvalue weighted by molar-refractivity contribution is 0.760. The lowest BCUT2D eigenvalue weighted by Gasteiger charge is -2.03.